The zero-order valence-electron chi connectivity index (χ0n) is 17.3. The van der Waals surface area contributed by atoms with Gasteiger partial charge in [-0.2, -0.15) is 0 Å². The molecule has 5 rings (SSSR count). The summed E-state index contributed by atoms with van der Waals surface area (Å²) in [6.07, 6.45) is 0. The van der Waals surface area contributed by atoms with E-state index in [1.54, 1.807) is 12.1 Å². The van der Waals surface area contributed by atoms with Crippen LogP contribution < -0.4 is 11.3 Å². The predicted octanol–water partition coefficient (Wildman–Crippen LogP) is 5.99. The summed E-state index contributed by atoms with van der Waals surface area (Å²) in [4.78, 5) is 26.2. The third-order valence-corrected chi connectivity index (χ3v) is 6.60. The number of phenolic OH excluding ortho intramolecular Hbond substituents is 1. The van der Waals surface area contributed by atoms with Crippen LogP contribution in [0.15, 0.2) is 100 Å². The van der Waals surface area contributed by atoms with Crippen molar-refractivity contribution in [3.05, 3.63) is 119 Å². The molecule has 0 fully saturated rings. The van der Waals surface area contributed by atoms with E-state index in [0.29, 0.717) is 37.0 Å². The number of phenols is 1. The summed E-state index contributed by atoms with van der Waals surface area (Å²) in [5.74, 6) is -1.14. The lowest BCUT2D eigenvalue weighted by atomic mass is 9.82. The summed E-state index contributed by atoms with van der Waals surface area (Å²) < 4.78 is 11.4. The summed E-state index contributed by atoms with van der Waals surface area (Å²) in [6.45, 7) is 0. The molecule has 2 heterocycles. The molecular weight excluding hydrogens is 568 g/mol. The fraction of sp³-hybridized carbons (Fsp3) is 0.0400. The van der Waals surface area contributed by atoms with E-state index in [1.807, 2.05) is 60.7 Å². The number of aromatic hydroxyl groups is 1. The van der Waals surface area contributed by atoms with Crippen LogP contribution in [0.3, 0.4) is 0 Å². The summed E-state index contributed by atoms with van der Waals surface area (Å²) in [5.41, 5.74) is 1.46. The highest BCUT2D eigenvalue weighted by Crippen LogP contribution is 2.44. The predicted molar refractivity (Wildman–Crippen MR) is 134 cm³/mol. The molecule has 0 aliphatic carbocycles. The van der Waals surface area contributed by atoms with Crippen LogP contribution in [0.4, 0.5) is 0 Å². The van der Waals surface area contributed by atoms with Crippen molar-refractivity contribution >= 4 is 31.9 Å². The van der Waals surface area contributed by atoms with Gasteiger partial charge in [0.2, 0.25) is 0 Å². The van der Waals surface area contributed by atoms with Crippen LogP contribution in [-0.4, -0.2) is 15.4 Å². The summed E-state index contributed by atoms with van der Waals surface area (Å²) in [6, 6.07) is 21.6. The Kier molecular flexibility index (Phi) is 5.89. The molecule has 7 nitrogen and oxygen atoms in total. The molecule has 9 heteroatoms. The van der Waals surface area contributed by atoms with E-state index in [-0.39, 0.29) is 16.9 Å². The smallest absolute Gasteiger partial charge is 0.362 e. The van der Waals surface area contributed by atoms with Gasteiger partial charge in [0.05, 0.1) is 32.9 Å². The highest BCUT2D eigenvalue weighted by molar-refractivity contribution is 9.11. The minimum absolute atomic E-state index is 0.118. The van der Waals surface area contributed by atoms with Gasteiger partial charge >= 0.3 is 11.3 Å². The van der Waals surface area contributed by atoms with E-state index in [1.165, 1.54) is 0 Å². The van der Waals surface area contributed by atoms with Gasteiger partial charge in [-0.25, -0.2) is 19.9 Å². The van der Waals surface area contributed by atoms with Crippen molar-refractivity contribution in [1.29, 1.82) is 0 Å². The van der Waals surface area contributed by atoms with Crippen molar-refractivity contribution in [1.82, 2.24) is 10.3 Å². The highest BCUT2D eigenvalue weighted by atomic mass is 79.9. The molecular formula is C25H16Br2N2O5. The Hall–Kier alpha value is -3.56. The number of halogens is 2. The first-order chi connectivity index (χ1) is 16.5. The number of rotatable bonds is 5. The van der Waals surface area contributed by atoms with Crippen molar-refractivity contribution in [2.75, 3.05) is 0 Å². The molecule has 34 heavy (non-hydrogen) atoms. The number of H-pyrrole nitrogens is 2. The molecule has 0 unspecified atom stereocenters. The molecule has 0 aliphatic heterocycles. The Morgan fingerprint density at radius 1 is 0.735 bits per heavy atom. The normalized spacial score (nSPS) is 11.3. The minimum Gasteiger partial charge on any atom is -0.506 e. The van der Waals surface area contributed by atoms with Crippen LogP contribution in [0.1, 0.15) is 22.6 Å². The van der Waals surface area contributed by atoms with Crippen molar-refractivity contribution in [3.63, 3.8) is 0 Å². The highest BCUT2D eigenvalue weighted by Gasteiger charge is 2.35. The fourth-order valence-corrected chi connectivity index (χ4v) is 5.30. The first-order valence-electron chi connectivity index (χ1n) is 10.2. The Bertz CT molecular complexity index is 1490. The van der Waals surface area contributed by atoms with Gasteiger partial charge < -0.3 is 14.2 Å². The standard InChI is InChI=1S/C25H16Br2N2O5/c26-15-11-16(23(30)17(27)12-15)18(19-21(28-33-24(19)31)13-7-3-1-4-8-13)20-22(29-34-25(20)32)14-9-5-2-6-10-14/h1-12,18,28-30H. The van der Waals surface area contributed by atoms with E-state index in [9.17, 15) is 14.7 Å². The van der Waals surface area contributed by atoms with Crippen LogP contribution >= 0.6 is 31.9 Å². The van der Waals surface area contributed by atoms with Gasteiger partial charge in [-0.05, 0) is 28.1 Å². The third-order valence-electron chi connectivity index (χ3n) is 5.54. The van der Waals surface area contributed by atoms with Gasteiger partial charge in [0.15, 0.2) is 0 Å². The van der Waals surface area contributed by atoms with Crippen molar-refractivity contribution in [3.8, 4) is 28.3 Å². The van der Waals surface area contributed by atoms with Gasteiger partial charge in [0, 0.05) is 21.2 Å². The van der Waals surface area contributed by atoms with Crippen LogP contribution in [0.2, 0.25) is 0 Å². The van der Waals surface area contributed by atoms with Crippen molar-refractivity contribution < 1.29 is 14.2 Å². The maximum atomic E-state index is 13.1. The maximum absolute atomic E-state index is 13.1. The SMILES string of the molecule is O=c1o[nH]c(-c2ccccc2)c1C(c1cc(Br)cc(Br)c1O)c1c(-c2ccccc2)[nH]oc1=O. The van der Waals surface area contributed by atoms with Crippen LogP contribution in [0, 0.1) is 0 Å². The van der Waals surface area contributed by atoms with Crippen LogP contribution in [0.5, 0.6) is 5.75 Å². The summed E-state index contributed by atoms with van der Waals surface area (Å²) >= 11 is 6.80. The molecule has 3 N–H and O–H groups in total. The Morgan fingerprint density at radius 2 is 1.21 bits per heavy atom. The second kappa shape index (κ2) is 9.00. The van der Waals surface area contributed by atoms with Crippen molar-refractivity contribution in [2.24, 2.45) is 0 Å². The molecule has 0 radical (unpaired) electrons. The second-order valence-electron chi connectivity index (χ2n) is 7.55. The van der Waals surface area contributed by atoms with E-state index < -0.39 is 17.2 Å². The number of aromatic nitrogens is 2. The average molecular weight is 584 g/mol. The molecule has 170 valence electrons. The molecule has 0 saturated carbocycles. The van der Waals surface area contributed by atoms with E-state index in [2.05, 4.69) is 42.2 Å². The molecule has 3 aromatic carbocycles. The molecule has 0 amide bonds. The molecule has 0 bridgehead atoms. The molecule has 0 spiro atoms. The van der Waals surface area contributed by atoms with Gasteiger partial charge in [0.1, 0.15) is 5.75 Å². The van der Waals surface area contributed by atoms with E-state index >= 15 is 0 Å². The van der Waals surface area contributed by atoms with E-state index in [0.717, 1.165) is 0 Å². The zero-order chi connectivity index (χ0) is 23.8. The summed E-state index contributed by atoms with van der Waals surface area (Å²) in [5, 5.41) is 16.4. The molecule has 0 atom stereocenters. The number of hydrogen-bond acceptors (Lipinski definition) is 5. The zero-order valence-corrected chi connectivity index (χ0v) is 20.5. The average Bonchev–Trinajstić information content (AvgIpc) is 3.42. The molecule has 2 aromatic heterocycles. The number of aromatic amines is 2. The molecule has 5 aromatic rings. The Balaban J connectivity index is 1.88. The topological polar surface area (TPSA) is 112 Å². The largest absolute Gasteiger partial charge is 0.506 e. The van der Waals surface area contributed by atoms with E-state index in [4.69, 9.17) is 9.05 Å². The lowest BCUT2D eigenvalue weighted by Gasteiger charge is -2.19. The monoisotopic (exact) mass is 582 g/mol. The number of nitrogens with one attached hydrogen (secondary N) is 2. The lowest BCUT2D eigenvalue weighted by molar-refractivity contribution is 0.389. The second-order valence-corrected chi connectivity index (χ2v) is 9.32. The van der Waals surface area contributed by atoms with Crippen LogP contribution in [-0.2, 0) is 0 Å². The van der Waals surface area contributed by atoms with Gasteiger partial charge in [0.25, 0.3) is 0 Å². The van der Waals surface area contributed by atoms with Gasteiger partial charge in [-0.15, -0.1) is 0 Å². The molecule has 0 saturated heterocycles. The maximum Gasteiger partial charge on any atom is 0.362 e. The fourth-order valence-electron chi connectivity index (χ4n) is 4.04. The number of benzene rings is 3. The van der Waals surface area contributed by atoms with Gasteiger partial charge in [-0.3, -0.25) is 0 Å². The summed E-state index contributed by atoms with van der Waals surface area (Å²) in [7, 11) is 0. The lowest BCUT2D eigenvalue weighted by Crippen LogP contribution is -2.18. The Morgan fingerprint density at radius 3 is 1.68 bits per heavy atom. The number of hydrogen-bond donors (Lipinski definition) is 3. The molecule has 0 aliphatic rings. The quantitative estimate of drug-likeness (QED) is 0.235. The van der Waals surface area contributed by atoms with Crippen LogP contribution in [0.25, 0.3) is 22.5 Å². The first kappa shape index (κ1) is 22.2. The first-order valence-corrected chi connectivity index (χ1v) is 11.8. The minimum atomic E-state index is -1.02. The Labute approximate surface area is 209 Å². The third kappa shape index (κ3) is 3.86. The van der Waals surface area contributed by atoms with Gasteiger partial charge in [-0.1, -0.05) is 76.6 Å². The van der Waals surface area contributed by atoms with Crippen molar-refractivity contribution in [2.45, 2.75) is 5.92 Å².